The molecule has 0 aliphatic rings. The molecule has 4 heteroatoms. The van der Waals surface area contributed by atoms with Crippen molar-refractivity contribution in [1.82, 2.24) is 0 Å². The summed E-state index contributed by atoms with van der Waals surface area (Å²) >= 11 is 4.05. The van der Waals surface area contributed by atoms with E-state index in [4.69, 9.17) is 0 Å². The van der Waals surface area contributed by atoms with E-state index in [9.17, 15) is 13.2 Å². The molecule has 86 valence electrons. The Labute approximate surface area is 94.0 Å². The van der Waals surface area contributed by atoms with Crippen LogP contribution in [0.15, 0.2) is 35.5 Å². The maximum Gasteiger partial charge on any atom is 0.393 e. The summed E-state index contributed by atoms with van der Waals surface area (Å²) in [5.74, 6) is 0.524. The fourth-order valence-electron chi connectivity index (χ4n) is 0.943. The van der Waals surface area contributed by atoms with Gasteiger partial charge in [0.15, 0.2) is 0 Å². The van der Waals surface area contributed by atoms with Gasteiger partial charge in [-0.2, -0.15) is 25.8 Å². The summed E-state index contributed by atoms with van der Waals surface area (Å²) in [6.07, 6.45) is 1.40. The Hall–Kier alpha value is -0.640. The first kappa shape index (κ1) is 14.4. The number of hydrogen-bond acceptors (Lipinski definition) is 1. The zero-order valence-corrected chi connectivity index (χ0v) is 9.70. The Morgan fingerprint density at radius 3 is 1.87 bits per heavy atom. The van der Waals surface area contributed by atoms with Gasteiger partial charge in [-0.1, -0.05) is 24.3 Å². The lowest BCUT2D eigenvalue weighted by molar-refractivity contribution is -0.126. The Bertz CT molecular complexity index is 272. The van der Waals surface area contributed by atoms with Crippen LogP contribution in [0.1, 0.15) is 20.3 Å². The summed E-state index contributed by atoms with van der Waals surface area (Å²) in [6, 6.07) is 0. The highest BCUT2D eigenvalue weighted by molar-refractivity contribution is 7.80. The van der Waals surface area contributed by atoms with Crippen molar-refractivity contribution in [3.05, 3.63) is 35.5 Å². The first-order chi connectivity index (χ1) is 6.92. The molecule has 0 amide bonds. The summed E-state index contributed by atoms with van der Waals surface area (Å²) in [5.41, 5.74) is 1.17. The Balaban J connectivity index is 4.49. The van der Waals surface area contributed by atoms with Crippen LogP contribution in [0.25, 0.3) is 0 Å². The quantitative estimate of drug-likeness (QED) is 0.545. The highest BCUT2D eigenvalue weighted by atomic mass is 32.1. The molecule has 0 nitrogen and oxygen atoms in total. The van der Waals surface area contributed by atoms with Crippen molar-refractivity contribution < 1.29 is 13.2 Å². The van der Waals surface area contributed by atoms with Crippen LogP contribution in [0, 0.1) is 0 Å². The smallest absolute Gasteiger partial charge is 0.175 e. The fraction of sp³-hybridized carbons (Fsp3) is 0.455. The topological polar surface area (TPSA) is 0 Å². The van der Waals surface area contributed by atoms with Crippen LogP contribution in [0.4, 0.5) is 13.2 Å². The molecular formula is C11H15F3S. The van der Waals surface area contributed by atoms with E-state index in [1.807, 2.05) is 13.0 Å². The number of alkyl halides is 3. The molecule has 0 saturated heterocycles. The number of rotatable bonds is 4. The van der Waals surface area contributed by atoms with Gasteiger partial charge in [-0.05, 0) is 25.0 Å². The van der Waals surface area contributed by atoms with Gasteiger partial charge >= 0.3 is 6.18 Å². The van der Waals surface area contributed by atoms with Gasteiger partial charge in [0.2, 0.25) is 0 Å². The van der Waals surface area contributed by atoms with Gasteiger partial charge in [0, 0.05) is 5.75 Å². The van der Waals surface area contributed by atoms with Gasteiger partial charge in [-0.3, -0.25) is 0 Å². The average molecular weight is 236 g/mol. The van der Waals surface area contributed by atoms with Gasteiger partial charge in [0.1, 0.15) is 0 Å². The third-order valence-corrected chi connectivity index (χ3v) is 2.21. The van der Waals surface area contributed by atoms with Gasteiger partial charge in [0.25, 0.3) is 0 Å². The first-order valence-electron chi connectivity index (χ1n) is 4.59. The molecule has 0 N–H and O–H groups in total. The Morgan fingerprint density at radius 2 is 1.53 bits per heavy atom. The number of thiol groups is 1. The highest BCUT2D eigenvalue weighted by Crippen LogP contribution is 2.25. The van der Waals surface area contributed by atoms with Crippen molar-refractivity contribution in [3.63, 3.8) is 0 Å². The van der Waals surface area contributed by atoms with Gasteiger partial charge in [0.05, 0.1) is 6.42 Å². The van der Waals surface area contributed by atoms with Crippen molar-refractivity contribution in [2.45, 2.75) is 26.4 Å². The standard InChI is InChI=1S/C11H15F3S/c1-3-9(7-11(12,13)14)5-6-10(4-2)8-15/h3-6,15H,7-8H2,1-2H3/b6-5-,9-3+,10-4+. The van der Waals surface area contributed by atoms with E-state index in [1.165, 1.54) is 12.2 Å². The lowest BCUT2D eigenvalue weighted by Crippen LogP contribution is -2.07. The normalized spacial score (nSPS) is 15.1. The maximum absolute atomic E-state index is 12.1. The number of hydrogen-bond donors (Lipinski definition) is 1. The number of allylic oxidation sites excluding steroid dienone is 5. The third kappa shape index (κ3) is 7.31. The molecule has 0 bridgehead atoms. The second-order valence-corrected chi connectivity index (χ2v) is 3.33. The van der Waals surface area contributed by atoms with Crippen LogP contribution in [0.2, 0.25) is 0 Å². The van der Waals surface area contributed by atoms with E-state index >= 15 is 0 Å². The molecule has 0 spiro atoms. The van der Waals surface area contributed by atoms with E-state index in [0.29, 0.717) is 5.75 Å². The zero-order chi connectivity index (χ0) is 11.9. The van der Waals surface area contributed by atoms with Crippen molar-refractivity contribution in [1.29, 1.82) is 0 Å². The SMILES string of the molecule is C\C=C(/C=C\C(=C/C)CS)CC(F)(F)F. The van der Waals surface area contributed by atoms with Gasteiger partial charge in [-0.25, -0.2) is 0 Å². The average Bonchev–Trinajstić information content (AvgIpc) is 2.15. The molecule has 0 radical (unpaired) electrons. The summed E-state index contributed by atoms with van der Waals surface area (Å²) in [4.78, 5) is 0. The molecule has 0 saturated carbocycles. The van der Waals surface area contributed by atoms with Crippen LogP contribution in [0.5, 0.6) is 0 Å². The van der Waals surface area contributed by atoms with E-state index in [0.717, 1.165) is 5.57 Å². The fourth-order valence-corrected chi connectivity index (χ4v) is 1.23. The zero-order valence-electron chi connectivity index (χ0n) is 8.80. The Kier molecular flexibility index (Phi) is 6.48. The molecule has 0 aliphatic heterocycles. The van der Waals surface area contributed by atoms with E-state index < -0.39 is 12.6 Å². The minimum Gasteiger partial charge on any atom is -0.175 e. The van der Waals surface area contributed by atoms with E-state index in [-0.39, 0.29) is 5.57 Å². The predicted octanol–water partition coefficient (Wildman–Crippen LogP) is 4.32. The minimum atomic E-state index is -4.15. The van der Waals surface area contributed by atoms with Crippen molar-refractivity contribution >= 4 is 12.6 Å². The van der Waals surface area contributed by atoms with Crippen LogP contribution in [-0.2, 0) is 0 Å². The van der Waals surface area contributed by atoms with E-state index in [1.54, 1.807) is 13.0 Å². The van der Waals surface area contributed by atoms with Crippen LogP contribution in [-0.4, -0.2) is 11.9 Å². The number of halogens is 3. The summed E-state index contributed by atoms with van der Waals surface area (Å²) in [5, 5.41) is 0. The van der Waals surface area contributed by atoms with Crippen molar-refractivity contribution in [2.24, 2.45) is 0 Å². The highest BCUT2D eigenvalue weighted by Gasteiger charge is 2.27. The molecule has 0 aromatic carbocycles. The molecule has 0 heterocycles. The molecule has 0 aromatic rings. The molecule has 0 rings (SSSR count). The monoisotopic (exact) mass is 236 g/mol. The predicted molar refractivity (Wildman–Crippen MR) is 61.2 cm³/mol. The second kappa shape index (κ2) is 6.77. The molecule has 0 atom stereocenters. The van der Waals surface area contributed by atoms with Crippen LogP contribution >= 0.6 is 12.6 Å². The molecular weight excluding hydrogens is 221 g/mol. The van der Waals surface area contributed by atoms with Crippen LogP contribution in [0.3, 0.4) is 0 Å². The molecule has 0 unspecified atom stereocenters. The third-order valence-electron chi connectivity index (χ3n) is 1.84. The lowest BCUT2D eigenvalue weighted by Gasteiger charge is -2.06. The van der Waals surface area contributed by atoms with E-state index in [2.05, 4.69) is 12.6 Å². The minimum absolute atomic E-state index is 0.267. The first-order valence-corrected chi connectivity index (χ1v) is 5.22. The van der Waals surface area contributed by atoms with Crippen LogP contribution < -0.4 is 0 Å². The molecule has 0 fully saturated rings. The Morgan fingerprint density at radius 1 is 1.07 bits per heavy atom. The van der Waals surface area contributed by atoms with Crippen molar-refractivity contribution in [3.8, 4) is 0 Å². The second-order valence-electron chi connectivity index (χ2n) is 3.01. The lowest BCUT2D eigenvalue weighted by atomic mass is 10.1. The molecule has 15 heavy (non-hydrogen) atoms. The van der Waals surface area contributed by atoms with Gasteiger partial charge < -0.3 is 0 Å². The molecule has 0 aromatic heterocycles. The van der Waals surface area contributed by atoms with Crippen molar-refractivity contribution in [2.75, 3.05) is 5.75 Å². The summed E-state index contributed by atoms with van der Waals surface area (Å²) in [7, 11) is 0. The molecule has 0 aliphatic carbocycles. The summed E-state index contributed by atoms with van der Waals surface area (Å²) < 4.78 is 36.2. The van der Waals surface area contributed by atoms with Gasteiger partial charge in [-0.15, -0.1) is 0 Å². The largest absolute Gasteiger partial charge is 0.393 e. The maximum atomic E-state index is 12.1. The summed E-state index contributed by atoms with van der Waals surface area (Å²) in [6.45, 7) is 3.43.